The zero-order chi connectivity index (χ0) is 17.1. The van der Waals surface area contributed by atoms with E-state index in [2.05, 4.69) is 12.2 Å². The van der Waals surface area contributed by atoms with Crippen LogP contribution in [0.5, 0.6) is 0 Å². The van der Waals surface area contributed by atoms with Gasteiger partial charge in [-0.2, -0.15) is 0 Å². The summed E-state index contributed by atoms with van der Waals surface area (Å²) in [5, 5.41) is 3.85. The van der Waals surface area contributed by atoms with Crippen molar-refractivity contribution in [1.29, 1.82) is 0 Å². The van der Waals surface area contributed by atoms with Gasteiger partial charge in [-0.25, -0.2) is 0 Å². The van der Waals surface area contributed by atoms with Gasteiger partial charge in [-0.1, -0.05) is 25.1 Å². The number of carbonyl (C=O) groups excluding carboxylic acids is 2. The molecule has 128 valence electrons. The summed E-state index contributed by atoms with van der Waals surface area (Å²) in [5.41, 5.74) is 0.841. The first-order chi connectivity index (χ1) is 11.6. The molecule has 1 aliphatic rings. The average molecular weight is 328 g/mol. The van der Waals surface area contributed by atoms with Gasteiger partial charge in [-0.3, -0.25) is 9.59 Å². The molecule has 3 rings (SSSR count). The van der Waals surface area contributed by atoms with Crippen molar-refractivity contribution in [3.63, 3.8) is 0 Å². The van der Waals surface area contributed by atoms with Crippen LogP contribution in [0.25, 0.3) is 11.0 Å². The molecule has 1 aromatic carbocycles. The zero-order valence-electron chi connectivity index (χ0n) is 14.2. The molecule has 0 unspecified atom stereocenters. The van der Waals surface area contributed by atoms with Crippen LogP contribution in [0.2, 0.25) is 0 Å². The Morgan fingerprint density at radius 1 is 1.42 bits per heavy atom. The highest BCUT2D eigenvalue weighted by molar-refractivity contribution is 5.84. The zero-order valence-corrected chi connectivity index (χ0v) is 14.2. The fourth-order valence-electron chi connectivity index (χ4n) is 3.28. The van der Waals surface area contributed by atoms with Crippen molar-refractivity contribution in [2.75, 3.05) is 13.1 Å². The number of nitrogens with one attached hydrogen (secondary N) is 1. The number of amides is 2. The molecular formula is C19H24N2O3. The molecule has 0 spiro atoms. The molecule has 24 heavy (non-hydrogen) atoms. The van der Waals surface area contributed by atoms with Crippen LogP contribution in [0.1, 0.15) is 44.9 Å². The number of hydrogen-bond acceptors (Lipinski definition) is 3. The third-order valence-electron chi connectivity index (χ3n) is 4.69. The molecule has 0 saturated carbocycles. The van der Waals surface area contributed by atoms with Crippen molar-refractivity contribution < 1.29 is 14.0 Å². The summed E-state index contributed by atoms with van der Waals surface area (Å²) < 4.78 is 5.95. The minimum absolute atomic E-state index is 0.0337. The molecule has 0 radical (unpaired) electrons. The van der Waals surface area contributed by atoms with Gasteiger partial charge in [-0.05, 0) is 31.9 Å². The molecule has 1 saturated heterocycles. The van der Waals surface area contributed by atoms with Crippen molar-refractivity contribution in [3.05, 3.63) is 36.1 Å². The Balaban J connectivity index is 1.80. The van der Waals surface area contributed by atoms with Gasteiger partial charge < -0.3 is 14.6 Å². The third-order valence-corrected chi connectivity index (χ3v) is 4.69. The first kappa shape index (κ1) is 16.6. The van der Waals surface area contributed by atoms with Gasteiger partial charge in [-0.15, -0.1) is 0 Å². The van der Waals surface area contributed by atoms with Crippen molar-refractivity contribution in [1.82, 2.24) is 10.2 Å². The lowest BCUT2D eigenvalue weighted by Gasteiger charge is -2.32. The lowest BCUT2D eigenvalue weighted by molar-refractivity contribution is -0.140. The Kier molecular flexibility index (Phi) is 4.88. The summed E-state index contributed by atoms with van der Waals surface area (Å²) in [6, 6.07) is 9.76. The van der Waals surface area contributed by atoms with E-state index in [9.17, 15) is 9.59 Å². The maximum atomic E-state index is 13.0. The average Bonchev–Trinajstić information content (AvgIpc) is 3.03. The highest BCUT2D eigenvalue weighted by Crippen LogP contribution is 2.29. The van der Waals surface area contributed by atoms with E-state index < -0.39 is 0 Å². The van der Waals surface area contributed by atoms with Crippen molar-refractivity contribution in [2.45, 2.75) is 39.2 Å². The molecule has 0 aliphatic carbocycles. The van der Waals surface area contributed by atoms with E-state index in [1.54, 1.807) is 0 Å². The molecule has 1 aromatic heterocycles. The fourth-order valence-corrected chi connectivity index (χ4v) is 3.28. The number of fused-ring (bicyclic) bond motifs is 1. The van der Waals surface area contributed by atoms with Gasteiger partial charge in [0, 0.05) is 24.9 Å². The predicted molar refractivity (Wildman–Crippen MR) is 92.4 cm³/mol. The molecule has 2 aromatic rings. The van der Waals surface area contributed by atoms with Gasteiger partial charge in [0.05, 0.1) is 12.0 Å². The lowest BCUT2D eigenvalue weighted by Crippen LogP contribution is -2.45. The second-order valence-corrected chi connectivity index (χ2v) is 6.43. The van der Waals surface area contributed by atoms with Crippen molar-refractivity contribution in [3.8, 4) is 0 Å². The Morgan fingerprint density at radius 3 is 2.88 bits per heavy atom. The molecule has 0 bridgehead atoms. The first-order valence-electron chi connectivity index (χ1n) is 8.65. The van der Waals surface area contributed by atoms with E-state index >= 15 is 0 Å². The Labute approximate surface area is 142 Å². The normalized spacial score (nSPS) is 19.1. The van der Waals surface area contributed by atoms with Gasteiger partial charge in [0.25, 0.3) is 0 Å². The van der Waals surface area contributed by atoms with Crippen LogP contribution in [0.3, 0.4) is 0 Å². The van der Waals surface area contributed by atoms with E-state index in [1.807, 2.05) is 42.2 Å². The van der Waals surface area contributed by atoms with Crippen molar-refractivity contribution >= 4 is 22.8 Å². The number of benzene rings is 1. The maximum Gasteiger partial charge on any atom is 0.228 e. The first-order valence-corrected chi connectivity index (χ1v) is 8.65. The topological polar surface area (TPSA) is 62.6 Å². The molecule has 1 aliphatic heterocycles. The smallest absolute Gasteiger partial charge is 0.228 e. The summed E-state index contributed by atoms with van der Waals surface area (Å²) in [7, 11) is 0. The quantitative estimate of drug-likeness (QED) is 0.916. The number of furan rings is 1. The molecule has 2 atom stereocenters. The number of hydrogen-bond donors (Lipinski definition) is 1. The number of rotatable bonds is 5. The SMILES string of the molecule is CCCN(C(=O)[C@@H]1CCC(=O)NC1)[C@@H](C)c1cc2ccccc2o1. The van der Waals surface area contributed by atoms with Crippen LogP contribution in [-0.2, 0) is 9.59 Å². The molecule has 1 N–H and O–H groups in total. The van der Waals surface area contributed by atoms with Crippen molar-refractivity contribution in [2.24, 2.45) is 5.92 Å². The molecule has 1 fully saturated rings. The predicted octanol–water partition coefficient (Wildman–Crippen LogP) is 3.26. The van der Waals surface area contributed by atoms with Gasteiger partial charge >= 0.3 is 0 Å². The minimum atomic E-state index is -0.138. The van der Waals surface area contributed by atoms with E-state index in [4.69, 9.17) is 4.42 Å². The molecule has 2 heterocycles. The van der Waals surface area contributed by atoms with Gasteiger partial charge in [0.1, 0.15) is 11.3 Å². The molecule has 2 amide bonds. The second kappa shape index (κ2) is 7.07. The summed E-state index contributed by atoms with van der Waals surface area (Å²) in [6.45, 7) is 5.19. The minimum Gasteiger partial charge on any atom is -0.459 e. The number of carbonyl (C=O) groups is 2. The van der Waals surface area contributed by atoms with Crippen LogP contribution < -0.4 is 5.32 Å². The van der Waals surface area contributed by atoms with Gasteiger partial charge in [0.15, 0.2) is 0 Å². The molecule has 5 nitrogen and oxygen atoms in total. The van der Waals surface area contributed by atoms with Crippen LogP contribution in [0.15, 0.2) is 34.7 Å². The largest absolute Gasteiger partial charge is 0.459 e. The number of para-hydroxylation sites is 1. The lowest BCUT2D eigenvalue weighted by atomic mass is 9.96. The summed E-state index contributed by atoms with van der Waals surface area (Å²) in [4.78, 5) is 26.2. The van der Waals surface area contributed by atoms with Crippen LogP contribution >= 0.6 is 0 Å². The van der Waals surface area contributed by atoms with Crippen LogP contribution in [0.4, 0.5) is 0 Å². The summed E-state index contributed by atoms with van der Waals surface area (Å²) in [5.74, 6) is 0.801. The standard InChI is InChI=1S/C19H24N2O3/c1-3-10-21(19(23)15-8-9-18(22)20-12-15)13(2)17-11-14-6-4-5-7-16(14)24-17/h4-7,11,13,15H,3,8-10,12H2,1-2H3,(H,20,22)/t13-,15+/m0/s1. The highest BCUT2D eigenvalue weighted by Gasteiger charge is 2.31. The van der Waals surface area contributed by atoms with E-state index in [0.717, 1.165) is 23.2 Å². The second-order valence-electron chi connectivity index (χ2n) is 6.43. The van der Waals surface area contributed by atoms with Crippen LogP contribution in [0, 0.1) is 5.92 Å². The van der Waals surface area contributed by atoms with Gasteiger partial charge in [0.2, 0.25) is 11.8 Å². The van der Waals surface area contributed by atoms with E-state index in [0.29, 0.717) is 25.9 Å². The third kappa shape index (κ3) is 3.30. The monoisotopic (exact) mass is 328 g/mol. The Hall–Kier alpha value is -2.30. The number of piperidine rings is 1. The Bertz CT molecular complexity index is 694. The Morgan fingerprint density at radius 2 is 2.21 bits per heavy atom. The summed E-state index contributed by atoms with van der Waals surface area (Å²) >= 11 is 0. The van der Waals surface area contributed by atoms with E-state index in [1.165, 1.54) is 0 Å². The maximum absolute atomic E-state index is 13.0. The van der Waals surface area contributed by atoms with E-state index in [-0.39, 0.29) is 23.8 Å². The van der Waals surface area contributed by atoms with Crippen LogP contribution in [-0.4, -0.2) is 29.8 Å². The number of nitrogens with zero attached hydrogens (tertiary/aromatic N) is 1. The molecule has 5 heteroatoms. The summed E-state index contributed by atoms with van der Waals surface area (Å²) in [6.07, 6.45) is 1.93. The molecular weight excluding hydrogens is 304 g/mol. The highest BCUT2D eigenvalue weighted by atomic mass is 16.3. The fraction of sp³-hybridized carbons (Fsp3) is 0.474.